The lowest BCUT2D eigenvalue weighted by Crippen LogP contribution is -2.00. The zero-order valence-corrected chi connectivity index (χ0v) is 19.3. The maximum atomic E-state index is 11.8. The molecular weight excluding hydrogens is 430 g/mol. The van der Waals surface area contributed by atoms with E-state index in [4.69, 9.17) is 4.74 Å². The van der Waals surface area contributed by atoms with Gasteiger partial charge in [0.05, 0.1) is 23.8 Å². The first-order chi connectivity index (χ1) is 17.3. The molecule has 3 heteroatoms. The van der Waals surface area contributed by atoms with Gasteiger partial charge in [0.2, 0.25) is 0 Å². The van der Waals surface area contributed by atoms with E-state index in [1.54, 1.807) is 7.11 Å². The van der Waals surface area contributed by atoms with Gasteiger partial charge in [0.15, 0.2) is 12.0 Å². The van der Waals surface area contributed by atoms with E-state index in [0.717, 1.165) is 39.9 Å². The third-order valence-electron chi connectivity index (χ3n) is 6.60. The molecular formula is C32H23NO2. The maximum Gasteiger partial charge on any atom is 0.150 e. The van der Waals surface area contributed by atoms with Crippen LogP contribution in [0.5, 0.6) is 5.75 Å². The van der Waals surface area contributed by atoms with Crippen LogP contribution in [0, 0.1) is 0 Å². The van der Waals surface area contributed by atoms with Crippen LogP contribution in [0.1, 0.15) is 10.4 Å². The predicted molar refractivity (Wildman–Crippen MR) is 144 cm³/mol. The molecule has 0 saturated heterocycles. The van der Waals surface area contributed by atoms with Crippen molar-refractivity contribution in [3.8, 4) is 33.7 Å². The Bertz CT molecular complexity index is 1700. The quantitative estimate of drug-likeness (QED) is 0.248. The number of aldehydes is 1. The van der Waals surface area contributed by atoms with Crippen LogP contribution < -0.4 is 4.74 Å². The third-order valence-corrected chi connectivity index (χ3v) is 6.60. The standard InChI is InChI=1S/C32H23NO2/c1-35-32-27(25-13-6-5-12-24(25)21-34)15-9-17-31(32)33-29-16-8-7-14-26(29)28-20-23(18-19-30(28)33)22-10-3-2-4-11-22/h2-21H,1H3. The largest absolute Gasteiger partial charge is 0.494 e. The van der Waals surface area contributed by atoms with Gasteiger partial charge in [0, 0.05) is 21.9 Å². The molecule has 0 fully saturated rings. The van der Waals surface area contributed by atoms with Gasteiger partial charge in [0.25, 0.3) is 0 Å². The molecule has 6 aromatic rings. The van der Waals surface area contributed by atoms with Gasteiger partial charge in [-0.3, -0.25) is 4.79 Å². The Balaban J connectivity index is 1.65. The van der Waals surface area contributed by atoms with Crippen molar-refractivity contribution in [3.05, 3.63) is 121 Å². The van der Waals surface area contributed by atoms with Gasteiger partial charge in [0.1, 0.15) is 0 Å². The van der Waals surface area contributed by atoms with Gasteiger partial charge >= 0.3 is 0 Å². The molecule has 0 aliphatic carbocycles. The molecule has 0 bridgehead atoms. The van der Waals surface area contributed by atoms with Crippen LogP contribution in [0.3, 0.4) is 0 Å². The summed E-state index contributed by atoms with van der Waals surface area (Å²) in [4.78, 5) is 11.8. The highest BCUT2D eigenvalue weighted by Gasteiger charge is 2.19. The number of hydrogen-bond donors (Lipinski definition) is 0. The molecule has 6 rings (SSSR count). The number of nitrogens with zero attached hydrogens (tertiary/aromatic N) is 1. The molecule has 0 radical (unpaired) electrons. The third kappa shape index (κ3) is 3.41. The van der Waals surface area contributed by atoms with Crippen LogP contribution >= 0.6 is 0 Å². The summed E-state index contributed by atoms with van der Waals surface area (Å²) in [5.41, 5.74) is 7.89. The summed E-state index contributed by atoms with van der Waals surface area (Å²) in [6.45, 7) is 0. The monoisotopic (exact) mass is 453 g/mol. The lowest BCUT2D eigenvalue weighted by atomic mass is 9.98. The zero-order valence-electron chi connectivity index (χ0n) is 19.3. The van der Waals surface area contributed by atoms with Crippen molar-refractivity contribution in [1.29, 1.82) is 0 Å². The minimum atomic E-state index is 0.637. The van der Waals surface area contributed by atoms with Crippen molar-refractivity contribution in [1.82, 2.24) is 4.57 Å². The summed E-state index contributed by atoms with van der Waals surface area (Å²) >= 11 is 0. The molecule has 0 N–H and O–H groups in total. The first-order valence-corrected chi connectivity index (χ1v) is 11.6. The summed E-state index contributed by atoms with van der Waals surface area (Å²) in [5, 5.41) is 2.36. The van der Waals surface area contributed by atoms with Crippen molar-refractivity contribution >= 4 is 28.1 Å². The Morgan fingerprint density at radius 1 is 0.629 bits per heavy atom. The lowest BCUT2D eigenvalue weighted by Gasteiger charge is -2.17. The second-order valence-corrected chi connectivity index (χ2v) is 8.51. The van der Waals surface area contributed by atoms with E-state index < -0.39 is 0 Å². The van der Waals surface area contributed by atoms with Crippen LogP contribution in [0.4, 0.5) is 0 Å². The number of ether oxygens (including phenoxy) is 1. The Kier molecular flexibility index (Phi) is 5.16. The lowest BCUT2D eigenvalue weighted by molar-refractivity contribution is 0.112. The average Bonchev–Trinajstić information content (AvgIpc) is 3.26. The highest BCUT2D eigenvalue weighted by atomic mass is 16.5. The molecule has 168 valence electrons. The number of benzene rings is 5. The Morgan fingerprint density at radius 3 is 2.17 bits per heavy atom. The number of aromatic nitrogens is 1. The molecule has 5 aromatic carbocycles. The zero-order chi connectivity index (χ0) is 23.8. The maximum absolute atomic E-state index is 11.8. The van der Waals surface area contributed by atoms with Crippen LogP contribution in [-0.2, 0) is 0 Å². The Hall–Kier alpha value is -4.63. The summed E-state index contributed by atoms with van der Waals surface area (Å²) in [6.07, 6.45) is 0.896. The Morgan fingerprint density at radius 2 is 1.34 bits per heavy atom. The van der Waals surface area contributed by atoms with Gasteiger partial charge in [-0.15, -0.1) is 0 Å². The van der Waals surface area contributed by atoms with Gasteiger partial charge in [-0.1, -0.05) is 91.0 Å². The van der Waals surface area contributed by atoms with E-state index in [1.165, 1.54) is 21.9 Å². The minimum Gasteiger partial charge on any atom is -0.494 e. The molecule has 1 aromatic heterocycles. The predicted octanol–water partition coefficient (Wildman–Crippen LogP) is 7.94. The van der Waals surface area contributed by atoms with Crippen LogP contribution in [-0.4, -0.2) is 18.0 Å². The number of para-hydroxylation sites is 2. The van der Waals surface area contributed by atoms with E-state index >= 15 is 0 Å². The second kappa shape index (κ2) is 8.62. The number of rotatable bonds is 5. The number of hydrogen-bond acceptors (Lipinski definition) is 2. The number of carbonyl (C=O) groups excluding carboxylic acids is 1. The Labute approximate surface area is 203 Å². The van der Waals surface area contributed by atoms with Crippen LogP contribution in [0.25, 0.3) is 49.7 Å². The van der Waals surface area contributed by atoms with Gasteiger partial charge in [-0.25, -0.2) is 0 Å². The SMILES string of the molecule is COc1c(-c2ccccc2C=O)cccc1-n1c2ccccc2c2cc(-c3ccccc3)ccc21. The molecule has 0 amide bonds. The number of fused-ring (bicyclic) bond motifs is 3. The summed E-state index contributed by atoms with van der Waals surface area (Å²) < 4.78 is 8.26. The molecule has 35 heavy (non-hydrogen) atoms. The van der Waals surface area contributed by atoms with E-state index in [2.05, 4.69) is 77.4 Å². The molecule has 0 aliphatic heterocycles. The summed E-state index contributed by atoms with van der Waals surface area (Å²) in [6, 6.07) is 39.2. The normalized spacial score (nSPS) is 11.1. The molecule has 0 aliphatic rings. The van der Waals surface area contributed by atoms with Crippen molar-refractivity contribution < 1.29 is 9.53 Å². The van der Waals surface area contributed by atoms with Crippen molar-refractivity contribution in [2.45, 2.75) is 0 Å². The van der Waals surface area contributed by atoms with E-state index in [1.807, 2.05) is 42.5 Å². The fourth-order valence-electron chi connectivity index (χ4n) is 5.02. The van der Waals surface area contributed by atoms with Crippen LogP contribution in [0.2, 0.25) is 0 Å². The number of carbonyl (C=O) groups is 1. The van der Waals surface area contributed by atoms with Crippen molar-refractivity contribution in [2.75, 3.05) is 7.11 Å². The van der Waals surface area contributed by atoms with E-state index in [9.17, 15) is 4.79 Å². The topological polar surface area (TPSA) is 31.2 Å². The molecule has 0 atom stereocenters. The fraction of sp³-hybridized carbons (Fsp3) is 0.0312. The molecule has 3 nitrogen and oxygen atoms in total. The molecule has 0 unspecified atom stereocenters. The summed E-state index contributed by atoms with van der Waals surface area (Å²) in [5.74, 6) is 0.733. The summed E-state index contributed by atoms with van der Waals surface area (Å²) in [7, 11) is 1.69. The molecule has 0 spiro atoms. The first kappa shape index (κ1) is 20.9. The van der Waals surface area contributed by atoms with Crippen molar-refractivity contribution in [2.24, 2.45) is 0 Å². The van der Waals surface area contributed by atoms with Gasteiger partial charge in [-0.05, 0) is 41.0 Å². The average molecular weight is 454 g/mol. The van der Waals surface area contributed by atoms with E-state index in [-0.39, 0.29) is 0 Å². The van der Waals surface area contributed by atoms with Gasteiger partial charge < -0.3 is 9.30 Å². The highest BCUT2D eigenvalue weighted by Crippen LogP contribution is 2.41. The first-order valence-electron chi connectivity index (χ1n) is 11.6. The highest BCUT2D eigenvalue weighted by molar-refractivity contribution is 6.10. The number of methoxy groups -OCH3 is 1. The molecule has 0 saturated carbocycles. The second-order valence-electron chi connectivity index (χ2n) is 8.51. The van der Waals surface area contributed by atoms with E-state index in [0.29, 0.717) is 5.56 Å². The molecule has 1 heterocycles. The smallest absolute Gasteiger partial charge is 0.150 e. The minimum absolute atomic E-state index is 0.637. The van der Waals surface area contributed by atoms with Crippen molar-refractivity contribution in [3.63, 3.8) is 0 Å². The van der Waals surface area contributed by atoms with Gasteiger partial charge in [-0.2, -0.15) is 0 Å². The fourth-order valence-corrected chi connectivity index (χ4v) is 5.02. The van der Waals surface area contributed by atoms with Crippen LogP contribution in [0.15, 0.2) is 115 Å².